The molecule has 6 heteroatoms. The fourth-order valence-corrected chi connectivity index (χ4v) is 4.32. The number of piperidine rings is 1. The summed E-state index contributed by atoms with van der Waals surface area (Å²) >= 11 is 3.33. The van der Waals surface area contributed by atoms with E-state index in [1.165, 1.54) is 0 Å². The molecule has 2 rings (SSSR count). The Morgan fingerprint density at radius 2 is 1.95 bits per heavy atom. The lowest BCUT2D eigenvalue weighted by Crippen LogP contribution is -2.41. The Morgan fingerprint density at radius 3 is 2.55 bits per heavy atom. The molecule has 1 fully saturated rings. The zero-order valence-electron chi connectivity index (χ0n) is 11.6. The molecular formula is C14H20BrNO3S. The second kappa shape index (κ2) is 7.02. The van der Waals surface area contributed by atoms with Crippen molar-refractivity contribution in [3.8, 4) is 0 Å². The maximum atomic E-state index is 12.6. The summed E-state index contributed by atoms with van der Waals surface area (Å²) in [6.07, 6.45) is 1.70. The van der Waals surface area contributed by atoms with Gasteiger partial charge in [0, 0.05) is 18.4 Å². The van der Waals surface area contributed by atoms with E-state index in [-0.39, 0.29) is 6.10 Å². The van der Waals surface area contributed by atoms with Crippen molar-refractivity contribution in [3.05, 3.63) is 29.8 Å². The van der Waals surface area contributed by atoms with E-state index >= 15 is 0 Å². The SMILES string of the molecule is Cc1ccccc1S(=O)(=O)N1CCC(OCCBr)CC1. The van der Waals surface area contributed by atoms with Crippen LogP contribution in [0.3, 0.4) is 0 Å². The fraction of sp³-hybridized carbons (Fsp3) is 0.571. The van der Waals surface area contributed by atoms with Gasteiger partial charge in [-0.25, -0.2) is 8.42 Å². The molecule has 0 saturated carbocycles. The van der Waals surface area contributed by atoms with Gasteiger partial charge in [0.15, 0.2) is 0 Å². The molecule has 1 aliphatic rings. The van der Waals surface area contributed by atoms with E-state index in [2.05, 4.69) is 15.9 Å². The number of aryl methyl sites for hydroxylation is 1. The highest BCUT2D eigenvalue weighted by Crippen LogP contribution is 2.24. The molecule has 1 aromatic rings. The number of benzene rings is 1. The number of hydrogen-bond acceptors (Lipinski definition) is 3. The minimum atomic E-state index is -3.37. The molecule has 4 nitrogen and oxygen atoms in total. The number of rotatable bonds is 5. The largest absolute Gasteiger partial charge is 0.377 e. The molecule has 20 heavy (non-hydrogen) atoms. The van der Waals surface area contributed by atoms with Gasteiger partial charge in [-0.2, -0.15) is 4.31 Å². The standard InChI is InChI=1S/C14H20BrNO3S/c1-12-4-2-3-5-14(12)20(17,18)16-9-6-13(7-10-16)19-11-8-15/h2-5,13H,6-11H2,1H3. The Hall–Kier alpha value is -0.430. The molecule has 0 amide bonds. The maximum Gasteiger partial charge on any atom is 0.243 e. The Bertz CT molecular complexity index is 539. The minimum Gasteiger partial charge on any atom is -0.377 e. The number of hydrogen-bond donors (Lipinski definition) is 0. The highest BCUT2D eigenvalue weighted by molar-refractivity contribution is 9.09. The lowest BCUT2D eigenvalue weighted by Gasteiger charge is -2.31. The topological polar surface area (TPSA) is 46.6 Å². The summed E-state index contributed by atoms with van der Waals surface area (Å²) in [5.41, 5.74) is 0.796. The molecule has 1 aromatic carbocycles. The van der Waals surface area contributed by atoms with Crippen molar-refractivity contribution in [3.63, 3.8) is 0 Å². The summed E-state index contributed by atoms with van der Waals surface area (Å²) in [6, 6.07) is 7.14. The van der Waals surface area contributed by atoms with Gasteiger partial charge in [-0.05, 0) is 31.4 Å². The van der Waals surface area contributed by atoms with Gasteiger partial charge in [-0.1, -0.05) is 34.1 Å². The second-order valence-corrected chi connectivity index (χ2v) is 7.63. The van der Waals surface area contributed by atoms with E-state index in [9.17, 15) is 8.42 Å². The molecule has 1 heterocycles. The van der Waals surface area contributed by atoms with Crippen LogP contribution in [0.2, 0.25) is 0 Å². The van der Waals surface area contributed by atoms with Crippen LogP contribution in [0, 0.1) is 6.92 Å². The third-order valence-electron chi connectivity index (χ3n) is 3.54. The van der Waals surface area contributed by atoms with E-state index in [4.69, 9.17) is 4.74 Å². The van der Waals surface area contributed by atoms with Crippen LogP contribution in [0.5, 0.6) is 0 Å². The normalized spacial score (nSPS) is 18.3. The van der Waals surface area contributed by atoms with Gasteiger partial charge < -0.3 is 4.74 Å². The zero-order chi connectivity index (χ0) is 14.6. The van der Waals surface area contributed by atoms with Gasteiger partial charge in [0.25, 0.3) is 0 Å². The highest BCUT2D eigenvalue weighted by Gasteiger charge is 2.30. The summed E-state index contributed by atoms with van der Waals surface area (Å²) < 4.78 is 32.4. The number of sulfonamides is 1. The van der Waals surface area contributed by atoms with Crippen LogP contribution in [-0.4, -0.2) is 43.9 Å². The van der Waals surface area contributed by atoms with Gasteiger partial charge in [0.05, 0.1) is 17.6 Å². The molecule has 0 aromatic heterocycles. The number of ether oxygens (including phenoxy) is 1. The van der Waals surface area contributed by atoms with Crippen LogP contribution in [0.25, 0.3) is 0 Å². The maximum absolute atomic E-state index is 12.6. The molecular weight excluding hydrogens is 342 g/mol. The first-order valence-electron chi connectivity index (χ1n) is 6.79. The molecule has 0 unspecified atom stereocenters. The van der Waals surface area contributed by atoms with E-state index in [0.29, 0.717) is 24.6 Å². The zero-order valence-corrected chi connectivity index (χ0v) is 14.0. The second-order valence-electron chi connectivity index (χ2n) is 4.93. The average Bonchev–Trinajstić information content (AvgIpc) is 2.46. The first kappa shape index (κ1) is 15.9. The third-order valence-corrected chi connectivity index (χ3v) is 5.93. The summed E-state index contributed by atoms with van der Waals surface area (Å²) in [4.78, 5) is 0.417. The molecule has 1 aliphatic heterocycles. The molecule has 0 atom stereocenters. The van der Waals surface area contributed by atoms with Gasteiger partial charge in [-0.3, -0.25) is 0 Å². The van der Waals surface area contributed by atoms with Crippen LogP contribution in [-0.2, 0) is 14.8 Å². The molecule has 0 N–H and O–H groups in total. The molecule has 112 valence electrons. The minimum absolute atomic E-state index is 0.177. The molecule has 0 radical (unpaired) electrons. The van der Waals surface area contributed by atoms with Gasteiger partial charge in [-0.15, -0.1) is 0 Å². The Morgan fingerprint density at radius 1 is 1.30 bits per heavy atom. The van der Waals surface area contributed by atoms with Crippen molar-refractivity contribution >= 4 is 26.0 Å². The number of nitrogens with zero attached hydrogens (tertiary/aromatic N) is 1. The van der Waals surface area contributed by atoms with Crippen LogP contribution < -0.4 is 0 Å². The van der Waals surface area contributed by atoms with Crippen LogP contribution in [0.15, 0.2) is 29.2 Å². The Balaban J connectivity index is 2.04. The van der Waals surface area contributed by atoms with Crippen molar-refractivity contribution in [2.75, 3.05) is 25.0 Å². The average molecular weight is 362 g/mol. The van der Waals surface area contributed by atoms with Gasteiger partial charge >= 0.3 is 0 Å². The van der Waals surface area contributed by atoms with Crippen molar-refractivity contribution < 1.29 is 13.2 Å². The first-order chi connectivity index (χ1) is 9.55. The monoisotopic (exact) mass is 361 g/mol. The number of halogens is 1. The Kier molecular flexibility index (Phi) is 5.60. The van der Waals surface area contributed by atoms with Gasteiger partial charge in [0.1, 0.15) is 0 Å². The number of alkyl halides is 1. The van der Waals surface area contributed by atoms with Crippen molar-refractivity contribution in [2.24, 2.45) is 0 Å². The summed E-state index contributed by atoms with van der Waals surface area (Å²) in [6.45, 7) is 3.57. The Labute approximate surface area is 129 Å². The quantitative estimate of drug-likeness (QED) is 0.757. The molecule has 1 saturated heterocycles. The van der Waals surface area contributed by atoms with E-state index in [1.54, 1.807) is 16.4 Å². The van der Waals surface area contributed by atoms with Crippen molar-refractivity contribution in [1.29, 1.82) is 0 Å². The third kappa shape index (κ3) is 3.61. The molecule has 0 aliphatic carbocycles. The summed E-state index contributed by atoms with van der Waals surface area (Å²) in [5.74, 6) is 0. The first-order valence-corrected chi connectivity index (χ1v) is 9.35. The van der Waals surface area contributed by atoms with Crippen molar-refractivity contribution in [2.45, 2.75) is 30.8 Å². The van der Waals surface area contributed by atoms with Gasteiger partial charge in [0.2, 0.25) is 10.0 Å². The molecule has 0 spiro atoms. The van der Waals surface area contributed by atoms with E-state index in [0.717, 1.165) is 23.7 Å². The predicted molar refractivity (Wildman–Crippen MR) is 82.7 cm³/mol. The van der Waals surface area contributed by atoms with Crippen molar-refractivity contribution in [1.82, 2.24) is 4.31 Å². The highest BCUT2D eigenvalue weighted by atomic mass is 79.9. The van der Waals surface area contributed by atoms with Crippen LogP contribution in [0.4, 0.5) is 0 Å². The van der Waals surface area contributed by atoms with Crippen LogP contribution >= 0.6 is 15.9 Å². The summed E-state index contributed by atoms with van der Waals surface area (Å²) in [5, 5.41) is 0.814. The molecule has 0 bridgehead atoms. The van der Waals surface area contributed by atoms with E-state index in [1.807, 2.05) is 19.1 Å². The smallest absolute Gasteiger partial charge is 0.243 e. The fourth-order valence-electron chi connectivity index (χ4n) is 2.44. The van der Waals surface area contributed by atoms with Crippen LogP contribution in [0.1, 0.15) is 18.4 Å². The predicted octanol–water partition coefficient (Wildman–Crippen LogP) is 2.56. The van der Waals surface area contributed by atoms with E-state index < -0.39 is 10.0 Å². The lowest BCUT2D eigenvalue weighted by atomic mass is 10.1. The summed E-state index contributed by atoms with van der Waals surface area (Å²) in [7, 11) is -3.37. The lowest BCUT2D eigenvalue weighted by molar-refractivity contribution is 0.0309.